The Labute approximate surface area is 80.3 Å². The van der Waals surface area contributed by atoms with Gasteiger partial charge in [-0.05, 0) is 6.42 Å². The summed E-state index contributed by atoms with van der Waals surface area (Å²) in [5.74, 6) is -0.303. The number of nitrogens with zero attached hydrogens (tertiary/aromatic N) is 1. The summed E-state index contributed by atoms with van der Waals surface area (Å²) in [6, 6.07) is -0.634. The minimum atomic E-state index is -4.23. The molecule has 14 heavy (non-hydrogen) atoms. The van der Waals surface area contributed by atoms with Crippen molar-refractivity contribution in [3.05, 3.63) is 0 Å². The fourth-order valence-electron chi connectivity index (χ4n) is 1.63. The molecular formula is C8H13F3N2O. The molecule has 1 heterocycles. The molecule has 0 spiro atoms. The van der Waals surface area contributed by atoms with Crippen LogP contribution in [0.4, 0.5) is 13.2 Å². The van der Waals surface area contributed by atoms with E-state index < -0.39 is 18.8 Å². The Balaban J connectivity index is 2.61. The van der Waals surface area contributed by atoms with Crippen LogP contribution >= 0.6 is 0 Å². The maximum atomic E-state index is 12.1. The average molecular weight is 210 g/mol. The number of carbonyl (C=O) groups excluding carboxylic acids is 1. The first-order chi connectivity index (χ1) is 6.44. The first-order valence-electron chi connectivity index (χ1n) is 4.52. The lowest BCUT2D eigenvalue weighted by Gasteiger charge is -2.34. The van der Waals surface area contributed by atoms with Gasteiger partial charge in [0.1, 0.15) is 0 Å². The fraction of sp³-hybridized carbons (Fsp3) is 0.875. The zero-order valence-electron chi connectivity index (χ0n) is 7.90. The quantitative estimate of drug-likeness (QED) is 0.729. The van der Waals surface area contributed by atoms with Crippen LogP contribution in [0.25, 0.3) is 0 Å². The van der Waals surface area contributed by atoms with Crippen LogP contribution in [-0.2, 0) is 4.79 Å². The number of nitrogens with one attached hydrogen (secondary N) is 1. The van der Waals surface area contributed by atoms with Crippen molar-refractivity contribution >= 4 is 5.91 Å². The molecule has 1 aliphatic heterocycles. The second-order valence-corrected chi connectivity index (χ2v) is 3.30. The molecular weight excluding hydrogens is 197 g/mol. The minimum Gasteiger partial charge on any atom is -0.353 e. The zero-order chi connectivity index (χ0) is 10.8. The molecule has 6 heteroatoms. The largest absolute Gasteiger partial charge is 0.401 e. The molecule has 1 amide bonds. The monoisotopic (exact) mass is 210 g/mol. The molecule has 0 aliphatic carbocycles. The van der Waals surface area contributed by atoms with Gasteiger partial charge in [-0.3, -0.25) is 9.69 Å². The van der Waals surface area contributed by atoms with Gasteiger partial charge >= 0.3 is 6.18 Å². The van der Waals surface area contributed by atoms with E-state index in [4.69, 9.17) is 0 Å². The van der Waals surface area contributed by atoms with E-state index in [0.29, 0.717) is 13.0 Å². The average Bonchev–Trinajstić information content (AvgIpc) is 2.01. The molecule has 3 nitrogen and oxygen atoms in total. The first-order valence-corrected chi connectivity index (χ1v) is 4.52. The van der Waals surface area contributed by atoms with Gasteiger partial charge in [-0.25, -0.2) is 0 Å². The lowest BCUT2D eigenvalue weighted by atomic mass is 10.1. The van der Waals surface area contributed by atoms with E-state index in [9.17, 15) is 18.0 Å². The van der Waals surface area contributed by atoms with Crippen molar-refractivity contribution in [1.29, 1.82) is 0 Å². The number of hydrogen-bond donors (Lipinski definition) is 1. The lowest BCUT2D eigenvalue weighted by molar-refractivity contribution is -0.158. The summed E-state index contributed by atoms with van der Waals surface area (Å²) in [7, 11) is 0. The van der Waals surface area contributed by atoms with Crippen molar-refractivity contribution in [3.63, 3.8) is 0 Å². The summed E-state index contributed by atoms with van der Waals surface area (Å²) in [5.41, 5.74) is 0. The molecule has 0 bridgehead atoms. The normalized spacial score (nSPS) is 24.9. The highest BCUT2D eigenvalue weighted by Crippen LogP contribution is 2.19. The Hall–Kier alpha value is -0.780. The predicted molar refractivity (Wildman–Crippen MR) is 44.7 cm³/mol. The van der Waals surface area contributed by atoms with E-state index in [2.05, 4.69) is 5.32 Å². The maximum absolute atomic E-state index is 12.1. The van der Waals surface area contributed by atoms with E-state index in [1.807, 2.05) is 0 Å². The van der Waals surface area contributed by atoms with E-state index >= 15 is 0 Å². The highest BCUT2D eigenvalue weighted by molar-refractivity contribution is 5.82. The Morgan fingerprint density at radius 1 is 1.57 bits per heavy atom. The molecule has 1 rings (SSSR count). The number of amides is 1. The Morgan fingerprint density at radius 3 is 2.71 bits per heavy atom. The van der Waals surface area contributed by atoms with Crippen molar-refractivity contribution in [2.45, 2.75) is 25.6 Å². The van der Waals surface area contributed by atoms with Gasteiger partial charge in [-0.15, -0.1) is 0 Å². The van der Waals surface area contributed by atoms with Gasteiger partial charge in [0.15, 0.2) is 0 Å². The topological polar surface area (TPSA) is 32.3 Å². The number of rotatable bonds is 2. The van der Waals surface area contributed by atoms with E-state index in [-0.39, 0.29) is 12.5 Å². The van der Waals surface area contributed by atoms with Crippen LogP contribution in [0.1, 0.15) is 13.3 Å². The van der Waals surface area contributed by atoms with Crippen LogP contribution < -0.4 is 5.32 Å². The summed E-state index contributed by atoms with van der Waals surface area (Å²) in [4.78, 5) is 12.4. The van der Waals surface area contributed by atoms with Crippen molar-refractivity contribution in [2.24, 2.45) is 0 Å². The molecule has 0 unspecified atom stereocenters. The molecule has 0 saturated carbocycles. The highest BCUT2D eigenvalue weighted by atomic mass is 19.4. The number of hydrogen-bond acceptors (Lipinski definition) is 2. The maximum Gasteiger partial charge on any atom is 0.401 e. The fourth-order valence-corrected chi connectivity index (χ4v) is 1.63. The molecule has 1 N–H and O–H groups in total. The third-order valence-corrected chi connectivity index (χ3v) is 2.21. The third kappa shape index (κ3) is 2.87. The second-order valence-electron chi connectivity index (χ2n) is 3.30. The van der Waals surface area contributed by atoms with Crippen molar-refractivity contribution in [1.82, 2.24) is 10.2 Å². The molecule has 1 atom stereocenters. The molecule has 0 aromatic carbocycles. The number of alkyl halides is 3. The Kier molecular flexibility index (Phi) is 3.36. The van der Waals surface area contributed by atoms with Gasteiger partial charge < -0.3 is 5.32 Å². The minimum absolute atomic E-state index is 0.268. The molecule has 0 aromatic heterocycles. The summed E-state index contributed by atoms with van der Waals surface area (Å²) < 4.78 is 36.3. The van der Waals surface area contributed by atoms with Crippen LogP contribution in [-0.4, -0.2) is 42.7 Å². The van der Waals surface area contributed by atoms with Gasteiger partial charge in [0.05, 0.1) is 12.6 Å². The van der Waals surface area contributed by atoms with Gasteiger partial charge in [0.2, 0.25) is 5.91 Å². The number of halogens is 3. The Bertz CT molecular complexity index is 217. The summed E-state index contributed by atoms with van der Waals surface area (Å²) in [6.07, 6.45) is -3.83. The molecule has 1 aliphatic rings. The summed E-state index contributed by atoms with van der Waals surface area (Å²) in [5, 5.41) is 2.55. The van der Waals surface area contributed by atoms with Gasteiger partial charge in [0, 0.05) is 13.1 Å². The zero-order valence-corrected chi connectivity index (χ0v) is 7.90. The third-order valence-electron chi connectivity index (χ3n) is 2.21. The van der Waals surface area contributed by atoms with Crippen LogP contribution in [0.15, 0.2) is 0 Å². The molecule has 0 radical (unpaired) electrons. The standard InChI is InChI=1S/C8H13F3N2O/c1-2-6-7(14)12-3-4-13(6)5-8(9,10)11/h6H,2-5H2,1H3,(H,12,14)/t6-/m1/s1. The summed E-state index contributed by atoms with van der Waals surface area (Å²) in [6.45, 7) is 1.27. The first kappa shape index (κ1) is 11.3. The van der Waals surface area contributed by atoms with Crippen molar-refractivity contribution in [3.8, 4) is 0 Å². The highest BCUT2D eigenvalue weighted by Gasteiger charge is 2.37. The smallest absolute Gasteiger partial charge is 0.353 e. The SMILES string of the molecule is CC[C@@H]1C(=O)NCCN1CC(F)(F)F. The molecule has 82 valence electrons. The van der Waals surface area contributed by atoms with Crippen molar-refractivity contribution < 1.29 is 18.0 Å². The lowest BCUT2D eigenvalue weighted by Crippen LogP contribution is -2.56. The van der Waals surface area contributed by atoms with Gasteiger partial charge in [0.25, 0.3) is 0 Å². The van der Waals surface area contributed by atoms with E-state index in [0.717, 1.165) is 0 Å². The molecule has 0 aromatic rings. The summed E-state index contributed by atoms with van der Waals surface area (Å²) >= 11 is 0. The predicted octanol–water partition coefficient (Wildman–Crippen LogP) is 0.759. The van der Waals surface area contributed by atoms with Gasteiger partial charge in [-0.1, -0.05) is 6.92 Å². The number of piperazine rings is 1. The van der Waals surface area contributed by atoms with E-state index in [1.165, 1.54) is 4.90 Å². The van der Waals surface area contributed by atoms with Crippen LogP contribution in [0.3, 0.4) is 0 Å². The van der Waals surface area contributed by atoms with Crippen LogP contribution in [0.5, 0.6) is 0 Å². The number of carbonyl (C=O) groups is 1. The molecule has 1 saturated heterocycles. The Morgan fingerprint density at radius 2 is 2.21 bits per heavy atom. The van der Waals surface area contributed by atoms with E-state index in [1.54, 1.807) is 6.92 Å². The van der Waals surface area contributed by atoms with Crippen LogP contribution in [0.2, 0.25) is 0 Å². The molecule has 1 fully saturated rings. The van der Waals surface area contributed by atoms with Crippen molar-refractivity contribution in [2.75, 3.05) is 19.6 Å². The van der Waals surface area contributed by atoms with Crippen LogP contribution in [0, 0.1) is 0 Å². The second kappa shape index (κ2) is 4.16. The van der Waals surface area contributed by atoms with Gasteiger partial charge in [-0.2, -0.15) is 13.2 Å².